The molecule has 0 N–H and O–H groups in total. The van der Waals surface area contributed by atoms with E-state index in [0.29, 0.717) is 6.61 Å². The Balaban J connectivity index is 2.46. The summed E-state index contributed by atoms with van der Waals surface area (Å²) in [6, 6.07) is 0. The van der Waals surface area contributed by atoms with E-state index in [9.17, 15) is 9.59 Å². The van der Waals surface area contributed by atoms with E-state index in [1.807, 2.05) is 0 Å². The lowest BCUT2D eigenvalue weighted by Crippen LogP contribution is -2.39. The largest absolute Gasteiger partial charge is 0.465 e. The standard InChI is InChI=1S/C11H18O6/c1-8(12)17-7-11(2,6-14-3)10(13)16-5-9-4-15-9/h9H,4-7H2,1-3H3. The van der Waals surface area contributed by atoms with Gasteiger partial charge in [-0.05, 0) is 6.92 Å². The average Bonchev–Trinajstić information content (AvgIpc) is 3.07. The quantitative estimate of drug-likeness (QED) is 0.470. The van der Waals surface area contributed by atoms with Crippen LogP contribution >= 0.6 is 0 Å². The smallest absolute Gasteiger partial charge is 0.317 e. The Labute approximate surface area is 100 Å². The topological polar surface area (TPSA) is 74.4 Å². The summed E-state index contributed by atoms with van der Waals surface area (Å²) in [6.45, 7) is 3.85. The summed E-state index contributed by atoms with van der Waals surface area (Å²) in [5.41, 5.74) is -0.977. The van der Waals surface area contributed by atoms with E-state index < -0.39 is 17.4 Å². The highest BCUT2D eigenvalue weighted by atomic mass is 16.6. The molecule has 98 valence electrons. The Hall–Kier alpha value is -1.14. The summed E-state index contributed by atoms with van der Waals surface area (Å²) >= 11 is 0. The van der Waals surface area contributed by atoms with Gasteiger partial charge < -0.3 is 18.9 Å². The van der Waals surface area contributed by atoms with Crippen molar-refractivity contribution in [1.29, 1.82) is 0 Å². The van der Waals surface area contributed by atoms with Crippen molar-refractivity contribution in [3.8, 4) is 0 Å². The van der Waals surface area contributed by atoms with Crippen LogP contribution in [0.15, 0.2) is 0 Å². The van der Waals surface area contributed by atoms with Crippen molar-refractivity contribution in [1.82, 2.24) is 0 Å². The monoisotopic (exact) mass is 246 g/mol. The van der Waals surface area contributed by atoms with Crippen LogP contribution < -0.4 is 0 Å². The second kappa shape index (κ2) is 5.97. The normalized spacial score (nSPS) is 21.5. The van der Waals surface area contributed by atoms with Crippen molar-refractivity contribution >= 4 is 11.9 Å². The van der Waals surface area contributed by atoms with Gasteiger partial charge in [0.05, 0.1) is 13.2 Å². The zero-order valence-electron chi connectivity index (χ0n) is 10.4. The van der Waals surface area contributed by atoms with Crippen molar-refractivity contribution in [2.75, 3.05) is 33.5 Å². The molecule has 0 aromatic carbocycles. The Morgan fingerprint density at radius 1 is 1.35 bits per heavy atom. The van der Waals surface area contributed by atoms with Gasteiger partial charge in [0.2, 0.25) is 0 Å². The molecule has 0 amide bonds. The van der Waals surface area contributed by atoms with Crippen LogP contribution in [0.1, 0.15) is 13.8 Å². The summed E-state index contributed by atoms with van der Waals surface area (Å²) in [7, 11) is 1.48. The highest BCUT2D eigenvalue weighted by Gasteiger charge is 2.38. The van der Waals surface area contributed by atoms with Crippen LogP contribution in [0, 0.1) is 5.41 Å². The van der Waals surface area contributed by atoms with Gasteiger partial charge in [0, 0.05) is 14.0 Å². The molecule has 2 unspecified atom stereocenters. The van der Waals surface area contributed by atoms with Crippen molar-refractivity contribution < 1.29 is 28.5 Å². The first-order valence-electron chi connectivity index (χ1n) is 5.39. The molecule has 6 heteroatoms. The molecule has 17 heavy (non-hydrogen) atoms. The summed E-state index contributed by atoms with van der Waals surface area (Å²) in [5.74, 6) is -0.887. The molecule has 0 saturated carbocycles. The molecule has 0 aliphatic carbocycles. The van der Waals surface area contributed by atoms with E-state index in [1.54, 1.807) is 6.92 Å². The molecule has 1 aliphatic rings. The van der Waals surface area contributed by atoms with Gasteiger partial charge in [-0.3, -0.25) is 9.59 Å². The SMILES string of the molecule is COCC(C)(COC(C)=O)C(=O)OCC1CO1. The third-order valence-corrected chi connectivity index (χ3v) is 2.35. The molecular formula is C11H18O6. The second-order valence-electron chi connectivity index (χ2n) is 4.33. The van der Waals surface area contributed by atoms with Gasteiger partial charge in [-0.2, -0.15) is 0 Å². The molecule has 1 aliphatic heterocycles. The van der Waals surface area contributed by atoms with Crippen molar-refractivity contribution in [2.45, 2.75) is 20.0 Å². The van der Waals surface area contributed by atoms with E-state index in [1.165, 1.54) is 14.0 Å². The van der Waals surface area contributed by atoms with Gasteiger partial charge in [-0.15, -0.1) is 0 Å². The number of methoxy groups -OCH3 is 1. The van der Waals surface area contributed by atoms with Gasteiger partial charge >= 0.3 is 11.9 Å². The molecule has 0 aromatic heterocycles. The second-order valence-corrected chi connectivity index (χ2v) is 4.33. The Bertz CT molecular complexity index is 286. The molecule has 0 spiro atoms. The summed E-state index contributed by atoms with van der Waals surface area (Å²) in [4.78, 5) is 22.6. The van der Waals surface area contributed by atoms with Crippen LogP contribution in [0.3, 0.4) is 0 Å². The van der Waals surface area contributed by atoms with Gasteiger partial charge in [-0.25, -0.2) is 0 Å². The first kappa shape index (κ1) is 13.9. The first-order valence-corrected chi connectivity index (χ1v) is 5.39. The fraction of sp³-hybridized carbons (Fsp3) is 0.818. The highest BCUT2D eigenvalue weighted by molar-refractivity contribution is 5.77. The van der Waals surface area contributed by atoms with Crippen LogP contribution in [0.4, 0.5) is 0 Å². The fourth-order valence-electron chi connectivity index (χ4n) is 1.25. The molecule has 0 radical (unpaired) electrons. The molecule has 0 aromatic rings. The lowest BCUT2D eigenvalue weighted by Gasteiger charge is -2.25. The van der Waals surface area contributed by atoms with E-state index in [-0.39, 0.29) is 25.9 Å². The lowest BCUT2D eigenvalue weighted by molar-refractivity contribution is -0.166. The minimum Gasteiger partial charge on any atom is -0.465 e. The highest BCUT2D eigenvalue weighted by Crippen LogP contribution is 2.21. The number of rotatable bonds is 7. The minimum atomic E-state index is -0.977. The first-order chi connectivity index (χ1) is 7.98. The predicted octanol–water partition coefficient (Wildman–Crippen LogP) is 0.144. The van der Waals surface area contributed by atoms with Crippen molar-refractivity contribution in [3.05, 3.63) is 0 Å². The van der Waals surface area contributed by atoms with Crippen LogP contribution in [0.2, 0.25) is 0 Å². The minimum absolute atomic E-state index is 0.0134. The maximum Gasteiger partial charge on any atom is 0.317 e. The van der Waals surface area contributed by atoms with Crippen LogP contribution in [-0.2, 0) is 28.5 Å². The molecule has 6 nitrogen and oxygen atoms in total. The number of esters is 2. The molecule has 1 rings (SSSR count). The number of carbonyl (C=O) groups excluding carboxylic acids is 2. The van der Waals surface area contributed by atoms with Gasteiger partial charge in [0.25, 0.3) is 0 Å². The lowest BCUT2D eigenvalue weighted by atomic mass is 9.93. The Morgan fingerprint density at radius 2 is 2.00 bits per heavy atom. The van der Waals surface area contributed by atoms with E-state index in [2.05, 4.69) is 0 Å². The maximum atomic E-state index is 11.9. The van der Waals surface area contributed by atoms with E-state index in [4.69, 9.17) is 18.9 Å². The summed E-state index contributed by atoms with van der Waals surface area (Å²) in [5, 5.41) is 0. The molecule has 2 atom stereocenters. The zero-order chi connectivity index (χ0) is 12.9. The Kier molecular flexibility index (Phi) is 4.89. The fourth-order valence-corrected chi connectivity index (χ4v) is 1.25. The average molecular weight is 246 g/mol. The maximum absolute atomic E-state index is 11.9. The van der Waals surface area contributed by atoms with E-state index in [0.717, 1.165) is 0 Å². The third-order valence-electron chi connectivity index (χ3n) is 2.35. The van der Waals surface area contributed by atoms with Gasteiger partial charge in [0.15, 0.2) is 0 Å². The molecule has 1 fully saturated rings. The van der Waals surface area contributed by atoms with Crippen LogP contribution in [-0.4, -0.2) is 51.6 Å². The van der Waals surface area contributed by atoms with Gasteiger partial charge in [0.1, 0.15) is 24.7 Å². The molecular weight excluding hydrogens is 228 g/mol. The Morgan fingerprint density at radius 3 is 2.47 bits per heavy atom. The zero-order valence-corrected chi connectivity index (χ0v) is 10.4. The van der Waals surface area contributed by atoms with Crippen molar-refractivity contribution in [2.24, 2.45) is 5.41 Å². The number of epoxide rings is 1. The summed E-state index contributed by atoms with van der Waals surface area (Å²) < 4.78 is 19.8. The summed E-state index contributed by atoms with van der Waals surface area (Å²) in [6.07, 6.45) is 0.0134. The van der Waals surface area contributed by atoms with Crippen LogP contribution in [0.25, 0.3) is 0 Å². The molecule has 0 bridgehead atoms. The third kappa shape index (κ3) is 4.70. The molecule has 1 heterocycles. The number of hydrogen-bond donors (Lipinski definition) is 0. The number of ether oxygens (including phenoxy) is 4. The predicted molar refractivity (Wildman–Crippen MR) is 57.3 cm³/mol. The number of carbonyl (C=O) groups is 2. The van der Waals surface area contributed by atoms with Crippen molar-refractivity contribution in [3.63, 3.8) is 0 Å². The van der Waals surface area contributed by atoms with Crippen LogP contribution in [0.5, 0.6) is 0 Å². The molecule has 1 saturated heterocycles. The van der Waals surface area contributed by atoms with Gasteiger partial charge in [-0.1, -0.05) is 0 Å². The number of hydrogen-bond acceptors (Lipinski definition) is 6. The van der Waals surface area contributed by atoms with E-state index >= 15 is 0 Å².